The number of hydrogen-bond acceptors (Lipinski definition) is 6. The Morgan fingerprint density at radius 3 is 2.90 bits per heavy atom. The third-order valence-corrected chi connectivity index (χ3v) is 6.14. The van der Waals surface area contributed by atoms with Crippen molar-refractivity contribution in [1.82, 2.24) is 15.3 Å². The Morgan fingerprint density at radius 2 is 2.03 bits per heavy atom. The standard InChI is InChI=1S/C22H21N5OS/c28-21(25-18-13-24-6-5-20(18)27-9-7-23-8-10-27)22-26-19(14-29-22)17-11-15-3-1-2-4-16(15)12-17/h1-6,11,13-14,23H,7-10,12H2,(H,25,28). The first-order chi connectivity index (χ1) is 14.3. The number of carbonyl (C=O) groups excluding carboxylic acids is 1. The highest BCUT2D eigenvalue weighted by Crippen LogP contribution is 2.32. The van der Waals surface area contributed by atoms with Crippen LogP contribution >= 0.6 is 11.3 Å². The maximum absolute atomic E-state index is 12.9. The average Bonchev–Trinajstić information content (AvgIpc) is 3.42. The van der Waals surface area contributed by atoms with Crippen molar-refractivity contribution in [3.63, 3.8) is 0 Å². The number of piperazine rings is 1. The summed E-state index contributed by atoms with van der Waals surface area (Å²) in [6.07, 6.45) is 6.49. The number of amides is 1. The molecule has 6 nitrogen and oxygen atoms in total. The van der Waals surface area contributed by atoms with Crippen molar-refractivity contribution in [3.05, 3.63) is 69.9 Å². The maximum Gasteiger partial charge on any atom is 0.284 e. The van der Waals surface area contributed by atoms with Crippen molar-refractivity contribution in [3.8, 4) is 0 Å². The molecule has 1 aromatic carbocycles. The van der Waals surface area contributed by atoms with Crippen molar-refractivity contribution in [2.45, 2.75) is 6.42 Å². The molecule has 29 heavy (non-hydrogen) atoms. The van der Waals surface area contributed by atoms with Gasteiger partial charge in [-0.3, -0.25) is 9.78 Å². The fourth-order valence-electron chi connectivity index (χ4n) is 3.81. The van der Waals surface area contributed by atoms with Crippen LogP contribution in [0.5, 0.6) is 0 Å². The van der Waals surface area contributed by atoms with Gasteiger partial charge >= 0.3 is 0 Å². The van der Waals surface area contributed by atoms with Gasteiger partial charge in [0.25, 0.3) is 5.91 Å². The summed E-state index contributed by atoms with van der Waals surface area (Å²) in [5, 5.41) is 8.79. The van der Waals surface area contributed by atoms with Gasteiger partial charge in [-0.05, 0) is 28.8 Å². The number of rotatable bonds is 4. The van der Waals surface area contributed by atoms with Crippen molar-refractivity contribution in [2.75, 3.05) is 36.4 Å². The van der Waals surface area contributed by atoms with Gasteiger partial charge < -0.3 is 15.5 Å². The smallest absolute Gasteiger partial charge is 0.284 e. The van der Waals surface area contributed by atoms with E-state index in [1.165, 1.54) is 22.5 Å². The summed E-state index contributed by atoms with van der Waals surface area (Å²) in [6.45, 7) is 3.68. The summed E-state index contributed by atoms with van der Waals surface area (Å²) in [6, 6.07) is 10.3. The molecule has 0 spiro atoms. The average molecular weight is 404 g/mol. The van der Waals surface area contributed by atoms with Crippen LogP contribution in [0.25, 0.3) is 11.6 Å². The molecule has 2 aliphatic rings. The van der Waals surface area contributed by atoms with Crippen LogP contribution in [0.3, 0.4) is 0 Å². The molecule has 0 bridgehead atoms. The van der Waals surface area contributed by atoms with Crippen LogP contribution in [0, 0.1) is 0 Å². The monoisotopic (exact) mass is 403 g/mol. The molecule has 0 saturated carbocycles. The fraction of sp³-hybridized carbons (Fsp3) is 0.227. The first-order valence-electron chi connectivity index (χ1n) is 9.73. The molecule has 2 N–H and O–H groups in total. The number of anilines is 2. The van der Waals surface area contributed by atoms with Gasteiger partial charge in [0, 0.05) is 44.2 Å². The maximum atomic E-state index is 12.9. The van der Waals surface area contributed by atoms with Crippen molar-refractivity contribution in [1.29, 1.82) is 0 Å². The summed E-state index contributed by atoms with van der Waals surface area (Å²) in [5.74, 6) is -0.193. The summed E-state index contributed by atoms with van der Waals surface area (Å²) >= 11 is 1.38. The third kappa shape index (κ3) is 3.66. The first-order valence-corrected chi connectivity index (χ1v) is 10.6. The Hall–Kier alpha value is -3.03. The molecule has 0 atom stereocenters. The lowest BCUT2D eigenvalue weighted by Crippen LogP contribution is -2.43. The lowest BCUT2D eigenvalue weighted by molar-refractivity contribution is 0.102. The Balaban J connectivity index is 1.33. The molecule has 3 heterocycles. The second-order valence-electron chi connectivity index (χ2n) is 7.17. The van der Waals surface area contributed by atoms with Gasteiger partial charge in [0.1, 0.15) is 0 Å². The quantitative estimate of drug-likeness (QED) is 0.700. The van der Waals surface area contributed by atoms with E-state index < -0.39 is 0 Å². The van der Waals surface area contributed by atoms with Gasteiger partial charge in [0.15, 0.2) is 5.01 Å². The van der Waals surface area contributed by atoms with E-state index in [4.69, 9.17) is 0 Å². The molecule has 1 fully saturated rings. The topological polar surface area (TPSA) is 70.2 Å². The first kappa shape index (κ1) is 18.0. The predicted molar refractivity (Wildman–Crippen MR) is 117 cm³/mol. The molecule has 3 aromatic rings. The number of fused-ring (bicyclic) bond motifs is 1. The van der Waals surface area contributed by atoms with Crippen molar-refractivity contribution >= 4 is 40.3 Å². The van der Waals surface area contributed by atoms with Crippen LogP contribution in [0.2, 0.25) is 0 Å². The second-order valence-corrected chi connectivity index (χ2v) is 8.03. The molecule has 0 unspecified atom stereocenters. The number of allylic oxidation sites excluding steroid dienone is 1. The molecule has 5 rings (SSSR count). The molecule has 1 saturated heterocycles. The lowest BCUT2D eigenvalue weighted by Gasteiger charge is -2.30. The second kappa shape index (κ2) is 7.77. The highest BCUT2D eigenvalue weighted by Gasteiger charge is 2.20. The van der Waals surface area contributed by atoms with Crippen LogP contribution in [0.4, 0.5) is 11.4 Å². The van der Waals surface area contributed by atoms with E-state index in [2.05, 4.69) is 49.8 Å². The summed E-state index contributed by atoms with van der Waals surface area (Å²) in [5.41, 5.74) is 6.30. The lowest BCUT2D eigenvalue weighted by atomic mass is 10.1. The number of pyridine rings is 1. The SMILES string of the molecule is O=C(Nc1cnccc1N1CCNCC1)c1nc(C2=Cc3ccccc3C2)cs1. The van der Waals surface area contributed by atoms with Crippen LogP contribution in [-0.2, 0) is 6.42 Å². The molecular weight excluding hydrogens is 382 g/mol. The fourth-order valence-corrected chi connectivity index (χ4v) is 4.55. The summed E-state index contributed by atoms with van der Waals surface area (Å²) < 4.78 is 0. The van der Waals surface area contributed by atoms with Crippen LogP contribution in [-0.4, -0.2) is 42.1 Å². The van der Waals surface area contributed by atoms with E-state index in [0.29, 0.717) is 5.01 Å². The van der Waals surface area contributed by atoms with Gasteiger partial charge in [-0.15, -0.1) is 11.3 Å². The highest BCUT2D eigenvalue weighted by molar-refractivity contribution is 7.12. The third-order valence-electron chi connectivity index (χ3n) is 5.30. The summed E-state index contributed by atoms with van der Waals surface area (Å²) in [7, 11) is 0. The predicted octanol–water partition coefficient (Wildman–Crippen LogP) is 3.30. The molecule has 1 aliphatic carbocycles. The van der Waals surface area contributed by atoms with Gasteiger partial charge in [-0.2, -0.15) is 0 Å². The Labute approximate surface area is 173 Å². The minimum absolute atomic E-state index is 0.193. The molecule has 1 amide bonds. The van der Waals surface area contributed by atoms with E-state index in [-0.39, 0.29) is 5.91 Å². The minimum atomic E-state index is -0.193. The Bertz CT molecular complexity index is 1080. The number of aromatic nitrogens is 2. The zero-order chi connectivity index (χ0) is 19.6. The number of nitrogens with one attached hydrogen (secondary N) is 2. The van der Waals surface area contributed by atoms with Crippen molar-refractivity contribution in [2.24, 2.45) is 0 Å². The zero-order valence-electron chi connectivity index (χ0n) is 15.9. The number of nitrogens with zero attached hydrogens (tertiary/aromatic N) is 3. The van der Waals surface area contributed by atoms with Crippen molar-refractivity contribution < 1.29 is 4.79 Å². The molecule has 146 valence electrons. The van der Waals surface area contributed by atoms with E-state index >= 15 is 0 Å². The summed E-state index contributed by atoms with van der Waals surface area (Å²) in [4.78, 5) is 23.9. The minimum Gasteiger partial charge on any atom is -0.367 e. The zero-order valence-corrected chi connectivity index (χ0v) is 16.7. The normalized spacial score (nSPS) is 15.7. The molecule has 2 aromatic heterocycles. The van der Waals surface area contributed by atoms with E-state index in [1.807, 2.05) is 17.5 Å². The number of benzene rings is 1. The molecule has 1 aliphatic heterocycles. The van der Waals surface area contributed by atoms with Crippen LogP contribution in [0.1, 0.15) is 26.6 Å². The van der Waals surface area contributed by atoms with Gasteiger partial charge in [0.2, 0.25) is 0 Å². The highest BCUT2D eigenvalue weighted by atomic mass is 32.1. The van der Waals surface area contributed by atoms with E-state index in [9.17, 15) is 4.79 Å². The van der Waals surface area contributed by atoms with Gasteiger partial charge in [-0.1, -0.05) is 24.3 Å². The van der Waals surface area contributed by atoms with E-state index in [1.54, 1.807) is 12.4 Å². The van der Waals surface area contributed by atoms with Crippen LogP contribution < -0.4 is 15.5 Å². The van der Waals surface area contributed by atoms with Crippen LogP contribution in [0.15, 0.2) is 48.1 Å². The van der Waals surface area contributed by atoms with Gasteiger partial charge in [0.05, 0.1) is 23.3 Å². The number of carbonyl (C=O) groups is 1. The largest absolute Gasteiger partial charge is 0.367 e. The Morgan fingerprint density at radius 1 is 1.17 bits per heavy atom. The number of hydrogen-bond donors (Lipinski definition) is 2. The van der Waals surface area contributed by atoms with Gasteiger partial charge in [-0.25, -0.2) is 4.98 Å². The van der Waals surface area contributed by atoms with E-state index in [0.717, 1.165) is 55.2 Å². The molecule has 0 radical (unpaired) electrons. The molecule has 7 heteroatoms. The molecular formula is C22H21N5OS. The number of thiazole rings is 1. The Kier molecular flexibility index (Phi) is 4.83.